The highest BCUT2D eigenvalue weighted by Crippen LogP contribution is 2.33. The molecule has 2 aromatic heterocycles. The van der Waals surface area contributed by atoms with Gasteiger partial charge in [-0.3, -0.25) is 4.57 Å². The van der Waals surface area contributed by atoms with E-state index in [2.05, 4.69) is 15.1 Å². The zero-order chi connectivity index (χ0) is 18.8. The molecule has 0 atom stereocenters. The number of hydrogen-bond acceptors (Lipinski definition) is 6. The first-order chi connectivity index (χ1) is 12.5. The Kier molecular flexibility index (Phi) is 4.79. The van der Waals surface area contributed by atoms with Gasteiger partial charge in [-0.1, -0.05) is 12.1 Å². The van der Waals surface area contributed by atoms with Crippen LogP contribution in [0.4, 0.5) is 0 Å². The number of rotatable bonds is 5. The maximum Gasteiger partial charge on any atom is 0.149 e. The molecule has 2 heterocycles. The van der Waals surface area contributed by atoms with Crippen LogP contribution in [-0.2, 0) is 0 Å². The summed E-state index contributed by atoms with van der Waals surface area (Å²) in [5.41, 5.74) is 3.75. The van der Waals surface area contributed by atoms with Crippen LogP contribution in [0.2, 0.25) is 0 Å². The number of benzene rings is 1. The van der Waals surface area contributed by atoms with Crippen LogP contribution >= 0.6 is 0 Å². The van der Waals surface area contributed by atoms with Crippen molar-refractivity contribution in [1.82, 2.24) is 14.5 Å². The van der Waals surface area contributed by atoms with Crippen molar-refractivity contribution in [3.05, 3.63) is 41.5 Å². The van der Waals surface area contributed by atoms with Gasteiger partial charge in [0.05, 0.1) is 19.9 Å². The van der Waals surface area contributed by atoms with Gasteiger partial charge in [0, 0.05) is 17.6 Å². The molecule has 0 unspecified atom stereocenters. The monoisotopic (exact) mass is 354 g/mol. The van der Waals surface area contributed by atoms with E-state index in [-0.39, 0.29) is 0 Å². The molecule has 3 rings (SSSR count). The molecular formula is C19H22N4O3. The first kappa shape index (κ1) is 17.7. The Labute approximate surface area is 151 Å². The number of methoxy groups -OCH3 is 2. The molecule has 0 spiro atoms. The van der Waals surface area contributed by atoms with Crippen molar-refractivity contribution in [2.75, 3.05) is 14.2 Å². The van der Waals surface area contributed by atoms with Crippen molar-refractivity contribution < 1.29 is 14.7 Å². The second kappa shape index (κ2) is 7.03. The Morgan fingerprint density at radius 3 is 2.58 bits per heavy atom. The Morgan fingerprint density at radius 1 is 1.19 bits per heavy atom. The molecule has 7 heteroatoms. The van der Waals surface area contributed by atoms with E-state index >= 15 is 0 Å². The third-order valence-corrected chi connectivity index (χ3v) is 4.32. The molecule has 0 fully saturated rings. The minimum absolute atomic E-state index is 0.531. The summed E-state index contributed by atoms with van der Waals surface area (Å²) in [5.74, 6) is 1.99. The molecule has 0 aliphatic heterocycles. The average Bonchev–Trinajstić information content (AvgIpc) is 2.98. The fourth-order valence-electron chi connectivity index (χ4n) is 3.08. The lowest BCUT2D eigenvalue weighted by Crippen LogP contribution is -2.07. The van der Waals surface area contributed by atoms with Gasteiger partial charge in [0.15, 0.2) is 0 Å². The number of ether oxygens (including phenoxy) is 2. The number of fused-ring (bicyclic) bond motifs is 1. The van der Waals surface area contributed by atoms with Gasteiger partial charge < -0.3 is 14.7 Å². The van der Waals surface area contributed by atoms with Crippen molar-refractivity contribution in [2.45, 2.75) is 27.2 Å². The van der Waals surface area contributed by atoms with Gasteiger partial charge in [-0.05, 0) is 38.0 Å². The molecule has 0 amide bonds. The molecular weight excluding hydrogens is 332 g/mol. The Bertz CT molecular complexity index is 992. The molecule has 26 heavy (non-hydrogen) atoms. The largest absolute Gasteiger partial charge is 0.497 e. The number of hydrogen-bond donors (Lipinski definition) is 1. The standard InChI is InChI=1S/C19H22N4O3/c1-6-14(22-24)18-17-11(2)10-23(19(17)21-12(3)20-18)15-8-7-13(25-4)9-16(15)26-5/h7-10,24H,6H2,1-5H3/b22-14+. The minimum Gasteiger partial charge on any atom is -0.497 e. The highest BCUT2D eigenvalue weighted by Gasteiger charge is 2.19. The third kappa shape index (κ3) is 2.85. The van der Waals surface area contributed by atoms with Crippen molar-refractivity contribution in [2.24, 2.45) is 5.16 Å². The summed E-state index contributed by atoms with van der Waals surface area (Å²) in [4.78, 5) is 9.15. The van der Waals surface area contributed by atoms with Gasteiger partial charge in [0.1, 0.15) is 34.4 Å². The number of aryl methyl sites for hydroxylation is 2. The Balaban J connectivity index is 2.33. The molecule has 0 radical (unpaired) electrons. The molecule has 1 aromatic carbocycles. The summed E-state index contributed by atoms with van der Waals surface area (Å²) in [6, 6.07) is 5.63. The average molecular weight is 354 g/mol. The van der Waals surface area contributed by atoms with Crippen molar-refractivity contribution in [3.8, 4) is 17.2 Å². The van der Waals surface area contributed by atoms with Crippen LogP contribution in [0.5, 0.6) is 11.5 Å². The molecule has 3 aromatic rings. The van der Waals surface area contributed by atoms with Crippen LogP contribution in [0.15, 0.2) is 29.6 Å². The maximum absolute atomic E-state index is 9.37. The van der Waals surface area contributed by atoms with E-state index in [4.69, 9.17) is 9.47 Å². The summed E-state index contributed by atoms with van der Waals surface area (Å²) < 4.78 is 12.8. The second-order valence-corrected chi connectivity index (χ2v) is 5.94. The van der Waals surface area contributed by atoms with Crippen molar-refractivity contribution in [1.29, 1.82) is 0 Å². The van der Waals surface area contributed by atoms with E-state index in [0.29, 0.717) is 35.1 Å². The van der Waals surface area contributed by atoms with Gasteiger partial charge in [-0.25, -0.2) is 9.97 Å². The fraction of sp³-hybridized carbons (Fsp3) is 0.316. The highest BCUT2D eigenvalue weighted by atomic mass is 16.5. The molecule has 0 saturated carbocycles. The lowest BCUT2D eigenvalue weighted by atomic mass is 10.1. The van der Waals surface area contributed by atoms with Crippen LogP contribution in [0, 0.1) is 13.8 Å². The number of aromatic nitrogens is 3. The zero-order valence-electron chi connectivity index (χ0n) is 15.6. The summed E-state index contributed by atoms with van der Waals surface area (Å²) in [7, 11) is 3.24. The molecule has 1 N–H and O–H groups in total. The van der Waals surface area contributed by atoms with Crippen LogP contribution in [0.3, 0.4) is 0 Å². The van der Waals surface area contributed by atoms with Crippen LogP contribution < -0.4 is 9.47 Å². The maximum atomic E-state index is 9.37. The van der Waals surface area contributed by atoms with Gasteiger partial charge in [-0.2, -0.15) is 0 Å². The first-order valence-electron chi connectivity index (χ1n) is 8.34. The Morgan fingerprint density at radius 2 is 1.96 bits per heavy atom. The molecule has 0 aliphatic carbocycles. The lowest BCUT2D eigenvalue weighted by Gasteiger charge is -2.12. The van der Waals surface area contributed by atoms with E-state index in [1.165, 1.54) is 0 Å². The van der Waals surface area contributed by atoms with E-state index in [0.717, 1.165) is 22.3 Å². The van der Waals surface area contributed by atoms with E-state index in [1.54, 1.807) is 14.2 Å². The molecule has 0 saturated heterocycles. The summed E-state index contributed by atoms with van der Waals surface area (Å²) >= 11 is 0. The van der Waals surface area contributed by atoms with Gasteiger partial charge >= 0.3 is 0 Å². The molecule has 0 bridgehead atoms. The lowest BCUT2D eigenvalue weighted by molar-refractivity contribution is 0.318. The molecule has 7 nitrogen and oxygen atoms in total. The quantitative estimate of drug-likeness (QED) is 0.430. The van der Waals surface area contributed by atoms with Crippen molar-refractivity contribution >= 4 is 16.7 Å². The van der Waals surface area contributed by atoms with Crippen LogP contribution in [-0.4, -0.2) is 39.7 Å². The van der Waals surface area contributed by atoms with Crippen LogP contribution in [0.1, 0.15) is 30.4 Å². The number of oxime groups is 1. The number of nitrogens with zero attached hydrogens (tertiary/aromatic N) is 4. The van der Waals surface area contributed by atoms with Gasteiger partial charge in [0.25, 0.3) is 0 Å². The Hall–Kier alpha value is -3.09. The summed E-state index contributed by atoms with van der Waals surface area (Å²) in [6.07, 6.45) is 2.55. The van der Waals surface area contributed by atoms with Crippen LogP contribution in [0.25, 0.3) is 16.7 Å². The summed E-state index contributed by atoms with van der Waals surface area (Å²) in [6.45, 7) is 5.74. The normalized spacial score (nSPS) is 11.8. The van der Waals surface area contributed by atoms with Gasteiger partial charge in [0.2, 0.25) is 0 Å². The van der Waals surface area contributed by atoms with Gasteiger partial charge in [-0.15, -0.1) is 0 Å². The highest BCUT2D eigenvalue weighted by molar-refractivity contribution is 6.09. The minimum atomic E-state index is 0.531. The summed E-state index contributed by atoms with van der Waals surface area (Å²) in [5, 5.41) is 13.7. The predicted octanol–water partition coefficient (Wildman–Crippen LogP) is 3.64. The third-order valence-electron chi connectivity index (χ3n) is 4.32. The predicted molar refractivity (Wildman–Crippen MR) is 100 cm³/mol. The fourth-order valence-corrected chi connectivity index (χ4v) is 3.08. The van der Waals surface area contributed by atoms with E-state index in [1.807, 2.05) is 49.7 Å². The smallest absolute Gasteiger partial charge is 0.149 e. The van der Waals surface area contributed by atoms with E-state index < -0.39 is 0 Å². The van der Waals surface area contributed by atoms with Crippen molar-refractivity contribution in [3.63, 3.8) is 0 Å². The molecule has 136 valence electrons. The molecule has 0 aliphatic rings. The zero-order valence-corrected chi connectivity index (χ0v) is 15.6. The first-order valence-corrected chi connectivity index (χ1v) is 8.34. The SMILES string of the molecule is CC/C(=N\O)c1nc(C)nc2c1c(C)cn2-c1ccc(OC)cc1OC. The van der Waals surface area contributed by atoms with E-state index in [9.17, 15) is 5.21 Å². The second-order valence-electron chi connectivity index (χ2n) is 5.94. The topological polar surface area (TPSA) is 81.8 Å².